The van der Waals surface area contributed by atoms with Gasteiger partial charge in [-0.3, -0.25) is 57.9 Å². The van der Waals surface area contributed by atoms with Crippen LogP contribution in [0.2, 0.25) is 0 Å². The van der Waals surface area contributed by atoms with E-state index in [9.17, 15) is 47.9 Å². The molecule has 0 N–H and O–H groups in total. The van der Waals surface area contributed by atoms with Crippen molar-refractivity contribution in [2.45, 2.75) is 0 Å². The third-order valence-corrected chi connectivity index (χ3v) is 25.7. The molecular weight excluding hydrogens is 1710 g/mol. The molecule has 0 fully saturated rings. The van der Waals surface area contributed by atoms with E-state index in [0.717, 1.165) is 0 Å². The molecule has 0 saturated heterocycles. The highest BCUT2D eigenvalue weighted by molar-refractivity contribution is 6.55. The van der Waals surface area contributed by atoms with Crippen LogP contribution in [0.4, 0.5) is 0 Å². The molecule has 10 heterocycles. The normalized spacial score (nSPS) is 13.4. The second-order valence-electron chi connectivity index (χ2n) is 32.8. The Morgan fingerprint density at radius 2 is 0.221 bits per heavy atom. The predicted molar refractivity (Wildman–Crippen MR) is 496 cm³/mol. The number of carbonyl (C=O) groups is 10. The van der Waals surface area contributed by atoms with Crippen LogP contribution >= 0.6 is 0 Å². The van der Waals surface area contributed by atoms with Gasteiger partial charge in [0.25, 0.3) is 57.8 Å². The number of Topliss-reactive ketones (excluding diaryl/α,β-unsaturated/α-hetero) is 10. The summed E-state index contributed by atoms with van der Waals surface area (Å²) in [5, 5.41) is 10.3. The van der Waals surface area contributed by atoms with Gasteiger partial charge in [0.1, 0.15) is 114 Å². The molecule has 5 aliphatic rings. The van der Waals surface area contributed by atoms with E-state index < -0.39 is 57.8 Å². The number of hydrogen-bond donors (Lipinski definition) is 0. The van der Waals surface area contributed by atoms with Crippen LogP contribution < -0.4 is 0 Å². The van der Waals surface area contributed by atoms with E-state index in [1.165, 1.54) is 74.4 Å². The molecule has 10 aromatic heterocycles. The Bertz CT molecular complexity index is 8780. The summed E-state index contributed by atoms with van der Waals surface area (Å²) in [4.78, 5) is 238. The second-order valence-corrected chi connectivity index (χ2v) is 32.8. The van der Waals surface area contributed by atoms with E-state index in [1.807, 2.05) is 194 Å². The van der Waals surface area contributed by atoms with Crippen LogP contribution in [0.3, 0.4) is 0 Å². The summed E-state index contributed by atoms with van der Waals surface area (Å²) in [5.41, 5.74) is 5.45. The minimum Gasteiger partial charge on any atom is -0.283 e. The van der Waals surface area contributed by atoms with Crippen molar-refractivity contribution < 1.29 is 47.9 Å². The zero-order chi connectivity index (χ0) is 91.1. The molecule has 0 amide bonds. The zero-order valence-electron chi connectivity index (χ0n) is 69.4. The lowest BCUT2D eigenvalue weighted by Crippen LogP contribution is -2.26. The summed E-state index contributed by atoms with van der Waals surface area (Å²) < 4.78 is 0. The van der Waals surface area contributed by atoms with Crippen molar-refractivity contribution in [3.8, 4) is 147 Å². The van der Waals surface area contributed by atoms with Gasteiger partial charge in [0, 0.05) is 69.3 Å². The Balaban J connectivity index is 0.509. The molecule has 0 radical (unpaired) electrons. The van der Waals surface area contributed by atoms with E-state index in [-0.39, 0.29) is 148 Å². The molecule has 0 atom stereocenters. The highest BCUT2D eigenvalue weighted by atomic mass is 16.2. The van der Waals surface area contributed by atoms with Gasteiger partial charge in [-0.05, 0) is 86.2 Å². The standard InChI is InChI=1S/C106H44N20O10/c127-97-87-77(107-33-35-109-87)79-89(99(97)129)119-61(37-111-79)69-45-17-1-5-21-49(45)71(50-22-6-2-18-46(50)69)63-39-113-81-83-93(103(133)101(131)91(81)121-63)123-65(41-115-83)73-53-25-9-13-29-57(53)75(58-30-14-10-26-54(58)73)67-43-117-85-86-96(106(136)105(135)95(85)125-67)126-68(44-118-86)76-59-31-15-11-27-55(59)74(56-28-12-16-32-60(56)76)66-42-116-84-82-92(102(132)104(134)94(84)124-66)122-64(40-114-82)72-51-23-7-3-19-47(51)70(48-20-4-8-24-52(48)72)62-38-112-80-78-88(110-36-34-108-78)98(128)100(130)90(80)120-62/h1-44H. The van der Waals surface area contributed by atoms with Gasteiger partial charge in [0.05, 0.1) is 95.1 Å². The molecule has 30 nitrogen and oxygen atoms in total. The van der Waals surface area contributed by atoms with E-state index in [1.54, 1.807) is 0 Å². The Hall–Kier alpha value is -19.8. The first-order chi connectivity index (χ1) is 66.7. The molecular formula is C106H44N20O10. The SMILES string of the molecule is O=C1C(=O)c2nc(-c3c4ccccc4c(-c4cnc5c(n4)C(=O)C(=O)c4nc(-c6c7ccccc7c(-c7cnc8c(n7)C(=O)C(=O)c7nc(-c9c%10ccccc%10c(-c%10cnc%11c(n%10)C(=O)C(=O)c%10nc(-c%12c%13ccccc%13c(-c%13cnc%14c(n%13)C(=O)C(=O)c%13nccnc%13-%14)c%13ccccc%12%13)cnc%10-%11)c%10ccccc9%10)cnc7-8)c7ccccc67)cnc4-5)c4ccccc34)cnc2-c2nccnc21. The molecule has 0 spiro atoms. The van der Waals surface area contributed by atoms with Crippen molar-refractivity contribution in [3.05, 3.63) is 325 Å². The van der Waals surface area contributed by atoms with Crippen molar-refractivity contribution in [2.75, 3.05) is 0 Å². The van der Waals surface area contributed by atoms with Gasteiger partial charge in [0.15, 0.2) is 0 Å². The molecule has 0 aliphatic heterocycles. The van der Waals surface area contributed by atoms with Crippen LogP contribution in [-0.2, 0) is 0 Å². The lowest BCUT2D eigenvalue weighted by atomic mass is 9.88. The zero-order valence-corrected chi connectivity index (χ0v) is 69.4. The fourth-order valence-electron chi connectivity index (χ4n) is 19.9. The van der Waals surface area contributed by atoms with Gasteiger partial charge >= 0.3 is 0 Å². The number of benzene rings is 12. The lowest BCUT2D eigenvalue weighted by Gasteiger charge is -2.21. The van der Waals surface area contributed by atoms with Crippen LogP contribution in [0.5, 0.6) is 0 Å². The molecule has 22 aromatic rings. The van der Waals surface area contributed by atoms with Gasteiger partial charge in [-0.15, -0.1) is 0 Å². The molecule has 628 valence electrons. The third-order valence-electron chi connectivity index (χ3n) is 25.7. The Kier molecular flexibility index (Phi) is 15.9. The van der Waals surface area contributed by atoms with Crippen LogP contribution in [0.25, 0.3) is 233 Å². The summed E-state index contributed by atoms with van der Waals surface area (Å²) in [7, 11) is 0. The fraction of sp³-hybridized carbons (Fsp3) is 0. The molecule has 136 heavy (non-hydrogen) atoms. The molecule has 0 bridgehead atoms. The number of aromatic nitrogens is 20. The summed E-state index contributed by atoms with van der Waals surface area (Å²) in [5.74, 6) is -9.21. The van der Waals surface area contributed by atoms with E-state index in [2.05, 4.69) is 29.9 Å². The number of ketones is 10. The van der Waals surface area contributed by atoms with Crippen molar-refractivity contribution in [1.82, 2.24) is 99.7 Å². The van der Waals surface area contributed by atoms with Gasteiger partial charge in [0.2, 0.25) is 0 Å². The minimum atomic E-state index is -0.978. The molecule has 27 rings (SSSR count). The van der Waals surface area contributed by atoms with Crippen molar-refractivity contribution in [3.63, 3.8) is 0 Å². The topological polar surface area (TPSA) is 428 Å². The maximum absolute atomic E-state index is 14.9. The van der Waals surface area contributed by atoms with Gasteiger partial charge in [-0.1, -0.05) is 194 Å². The van der Waals surface area contributed by atoms with Crippen LogP contribution in [-0.4, -0.2) is 158 Å². The molecule has 30 heteroatoms. The molecule has 0 unspecified atom stereocenters. The Labute approximate surface area is 759 Å². The molecule has 0 saturated carbocycles. The maximum atomic E-state index is 14.9. The summed E-state index contributed by atoms with van der Waals surface area (Å²) in [6.07, 6.45) is 17.7. The molecule has 5 aliphatic carbocycles. The highest BCUT2D eigenvalue weighted by Crippen LogP contribution is 2.51. The van der Waals surface area contributed by atoms with Crippen LogP contribution in [0.1, 0.15) is 105 Å². The number of fused-ring (bicyclic) bond motifs is 23. The van der Waals surface area contributed by atoms with Crippen molar-refractivity contribution in [2.24, 2.45) is 0 Å². The first kappa shape index (κ1) is 76.3. The fourth-order valence-corrected chi connectivity index (χ4v) is 19.9. The van der Waals surface area contributed by atoms with E-state index in [0.29, 0.717) is 142 Å². The average molecular weight is 1760 g/mol. The minimum absolute atomic E-state index is 0.0211. The summed E-state index contributed by atoms with van der Waals surface area (Å²) in [6, 6.07) is 59.4. The summed E-state index contributed by atoms with van der Waals surface area (Å²) in [6.45, 7) is 0. The van der Waals surface area contributed by atoms with Gasteiger partial charge in [-0.25, -0.2) is 89.7 Å². The average Bonchev–Trinajstić information content (AvgIpc) is 0.722. The quantitative estimate of drug-likeness (QED) is 0.101. The van der Waals surface area contributed by atoms with Crippen molar-refractivity contribution >= 4 is 144 Å². The summed E-state index contributed by atoms with van der Waals surface area (Å²) >= 11 is 0. The number of rotatable bonds is 8. The van der Waals surface area contributed by atoms with Crippen molar-refractivity contribution in [1.29, 1.82) is 0 Å². The number of nitrogens with zero attached hydrogens (tertiary/aromatic N) is 20. The van der Waals surface area contributed by atoms with Crippen LogP contribution in [0, 0.1) is 0 Å². The second kappa shape index (κ2) is 28.4. The lowest BCUT2D eigenvalue weighted by molar-refractivity contribution is 0.0808. The van der Waals surface area contributed by atoms with E-state index >= 15 is 0 Å². The predicted octanol–water partition coefficient (Wildman–Crippen LogP) is 17.4. The monoisotopic (exact) mass is 1760 g/mol. The number of hydrogen-bond acceptors (Lipinski definition) is 30. The maximum Gasteiger partial charge on any atom is 0.255 e. The van der Waals surface area contributed by atoms with Gasteiger partial charge < -0.3 is 0 Å². The van der Waals surface area contributed by atoms with Gasteiger partial charge in [-0.2, -0.15) is 0 Å². The highest BCUT2D eigenvalue weighted by Gasteiger charge is 2.44. The molecule has 12 aromatic carbocycles. The largest absolute Gasteiger partial charge is 0.283 e. The Morgan fingerprint density at radius 3 is 0.346 bits per heavy atom. The first-order valence-corrected chi connectivity index (χ1v) is 42.5. The first-order valence-electron chi connectivity index (χ1n) is 42.5. The van der Waals surface area contributed by atoms with E-state index in [4.69, 9.17) is 69.8 Å². The Morgan fingerprint density at radius 1 is 0.118 bits per heavy atom. The van der Waals surface area contributed by atoms with Crippen LogP contribution in [0.15, 0.2) is 268 Å². The third kappa shape index (κ3) is 10.7. The smallest absolute Gasteiger partial charge is 0.255 e. The number of carbonyl (C=O) groups excluding carboxylic acids is 10.